The van der Waals surface area contributed by atoms with Gasteiger partial charge in [0.25, 0.3) is 0 Å². The first-order valence-electron chi connectivity index (χ1n) is 20.6. The first-order valence-corrected chi connectivity index (χ1v) is 20.6. The van der Waals surface area contributed by atoms with Gasteiger partial charge in [-0.15, -0.1) is 0 Å². The zero-order chi connectivity index (χ0) is 37.5. The van der Waals surface area contributed by atoms with Gasteiger partial charge in [-0.1, -0.05) is 98.8 Å². The van der Waals surface area contributed by atoms with Gasteiger partial charge in [0, 0.05) is 27.8 Å². The topological polar surface area (TPSA) is 3.24 Å². The summed E-state index contributed by atoms with van der Waals surface area (Å²) in [6, 6.07) is 48.3. The predicted octanol–water partition coefficient (Wildman–Crippen LogP) is 14.3. The van der Waals surface area contributed by atoms with E-state index in [4.69, 9.17) is 0 Å². The Balaban J connectivity index is 1.09. The van der Waals surface area contributed by atoms with Crippen LogP contribution < -0.4 is 4.90 Å². The molecule has 13 rings (SSSR count). The van der Waals surface area contributed by atoms with Crippen molar-refractivity contribution in [2.75, 3.05) is 4.90 Å². The van der Waals surface area contributed by atoms with Crippen LogP contribution in [-0.2, 0) is 10.8 Å². The van der Waals surface area contributed by atoms with E-state index in [2.05, 4.69) is 134 Å². The van der Waals surface area contributed by atoms with Crippen LogP contribution in [-0.4, -0.2) is 0 Å². The molecule has 0 atom stereocenters. The number of nitrogens with zero attached hydrogens (tertiary/aromatic N) is 1. The average molecular weight is 732 g/mol. The molecule has 4 bridgehead atoms. The molecule has 0 unspecified atom stereocenters. The molecule has 6 aliphatic carbocycles. The Morgan fingerprint density at radius 3 is 1.95 bits per heavy atom. The maximum Gasteiger partial charge on any atom is 0.124 e. The molecule has 274 valence electrons. The maximum atomic E-state index is 16.4. The van der Waals surface area contributed by atoms with Gasteiger partial charge in [0.15, 0.2) is 0 Å². The molecular formula is C53H43F2N. The van der Waals surface area contributed by atoms with Crippen LogP contribution in [0.2, 0.25) is 0 Å². The molecule has 6 aliphatic rings. The van der Waals surface area contributed by atoms with Gasteiger partial charge in [-0.25, -0.2) is 8.78 Å². The molecule has 7 aromatic rings. The Morgan fingerprint density at radius 2 is 1.16 bits per heavy atom. The second kappa shape index (κ2) is 11.5. The third-order valence-corrected chi connectivity index (χ3v) is 14.9. The lowest BCUT2D eigenvalue weighted by atomic mass is 9.42. The number of rotatable bonds is 4. The lowest BCUT2D eigenvalue weighted by molar-refractivity contribution is -0.0397. The Labute approximate surface area is 327 Å². The van der Waals surface area contributed by atoms with E-state index in [1.165, 1.54) is 76.3 Å². The fraction of sp³-hybridized carbons (Fsp3) is 0.245. The summed E-state index contributed by atoms with van der Waals surface area (Å²) >= 11 is 0. The van der Waals surface area contributed by atoms with Crippen molar-refractivity contribution in [1.29, 1.82) is 0 Å². The highest BCUT2D eigenvalue weighted by atomic mass is 19.1. The molecule has 0 radical (unpaired) electrons. The Morgan fingerprint density at radius 1 is 0.500 bits per heavy atom. The quantitative estimate of drug-likeness (QED) is 0.174. The van der Waals surface area contributed by atoms with E-state index in [-0.39, 0.29) is 22.5 Å². The van der Waals surface area contributed by atoms with E-state index in [0.29, 0.717) is 11.8 Å². The van der Waals surface area contributed by atoms with Gasteiger partial charge in [-0.3, -0.25) is 0 Å². The van der Waals surface area contributed by atoms with Crippen LogP contribution in [0.25, 0.3) is 44.2 Å². The number of hydrogen-bond donors (Lipinski definition) is 0. The number of benzene rings is 7. The van der Waals surface area contributed by atoms with Gasteiger partial charge < -0.3 is 4.90 Å². The molecule has 0 aromatic heterocycles. The van der Waals surface area contributed by atoms with Gasteiger partial charge in [0.2, 0.25) is 0 Å². The summed E-state index contributed by atoms with van der Waals surface area (Å²) < 4.78 is 31.6. The van der Waals surface area contributed by atoms with Crippen LogP contribution in [0.3, 0.4) is 0 Å². The van der Waals surface area contributed by atoms with Crippen molar-refractivity contribution in [2.45, 2.75) is 56.8 Å². The molecule has 4 saturated carbocycles. The minimum Gasteiger partial charge on any atom is -0.310 e. The third kappa shape index (κ3) is 4.29. The van der Waals surface area contributed by atoms with Gasteiger partial charge in [0.05, 0.1) is 5.69 Å². The number of para-hydroxylation sites is 2. The molecule has 56 heavy (non-hydrogen) atoms. The molecule has 7 aromatic carbocycles. The highest BCUT2D eigenvalue weighted by Gasteiger charge is 2.62. The number of halogens is 2. The summed E-state index contributed by atoms with van der Waals surface area (Å²) in [5.74, 6) is 1.90. The summed E-state index contributed by atoms with van der Waals surface area (Å²) in [4.78, 5) is 2.37. The monoisotopic (exact) mass is 731 g/mol. The number of hydrogen-bond acceptors (Lipinski definition) is 1. The third-order valence-electron chi connectivity index (χ3n) is 14.9. The second-order valence-electron chi connectivity index (χ2n) is 18.0. The van der Waals surface area contributed by atoms with Crippen LogP contribution >= 0.6 is 0 Å². The fourth-order valence-corrected chi connectivity index (χ4v) is 13.0. The van der Waals surface area contributed by atoms with Crippen LogP contribution in [0.4, 0.5) is 25.8 Å². The molecule has 1 spiro atoms. The molecule has 3 heteroatoms. The molecule has 0 saturated heterocycles. The second-order valence-corrected chi connectivity index (χ2v) is 18.0. The maximum absolute atomic E-state index is 16.4. The normalized spacial score (nSPS) is 24.3. The van der Waals surface area contributed by atoms with E-state index in [0.717, 1.165) is 51.2 Å². The Kier molecular flexibility index (Phi) is 6.72. The number of anilines is 3. The minimum absolute atomic E-state index is 0.205. The molecule has 4 fully saturated rings. The fourth-order valence-electron chi connectivity index (χ4n) is 13.0. The van der Waals surface area contributed by atoms with Gasteiger partial charge in [0.1, 0.15) is 11.6 Å². The number of fused-ring (bicyclic) bond motifs is 8. The van der Waals surface area contributed by atoms with E-state index in [9.17, 15) is 0 Å². The lowest BCUT2D eigenvalue weighted by Gasteiger charge is -2.61. The zero-order valence-corrected chi connectivity index (χ0v) is 31.8. The highest BCUT2D eigenvalue weighted by molar-refractivity contribution is 6.03. The summed E-state index contributed by atoms with van der Waals surface area (Å²) in [6.07, 6.45) is 6.12. The van der Waals surface area contributed by atoms with Crippen molar-refractivity contribution in [1.82, 2.24) is 0 Å². The van der Waals surface area contributed by atoms with Crippen molar-refractivity contribution in [3.8, 4) is 33.4 Å². The van der Waals surface area contributed by atoms with Gasteiger partial charge in [-0.2, -0.15) is 0 Å². The first kappa shape index (κ1) is 32.7. The highest BCUT2D eigenvalue weighted by Crippen LogP contribution is 2.71. The molecule has 0 N–H and O–H groups in total. The summed E-state index contributed by atoms with van der Waals surface area (Å²) in [5, 5.41) is 2.54. The Bertz CT molecular complexity index is 2750. The van der Waals surface area contributed by atoms with E-state index in [1.807, 2.05) is 0 Å². The van der Waals surface area contributed by atoms with Crippen molar-refractivity contribution in [2.24, 2.45) is 23.7 Å². The smallest absolute Gasteiger partial charge is 0.124 e. The predicted molar refractivity (Wildman–Crippen MR) is 225 cm³/mol. The van der Waals surface area contributed by atoms with E-state index < -0.39 is 0 Å². The van der Waals surface area contributed by atoms with Crippen molar-refractivity contribution in [3.05, 3.63) is 173 Å². The van der Waals surface area contributed by atoms with Crippen LogP contribution in [0.5, 0.6) is 0 Å². The van der Waals surface area contributed by atoms with Crippen molar-refractivity contribution in [3.63, 3.8) is 0 Å². The molecule has 1 nitrogen and oxygen atoms in total. The van der Waals surface area contributed by atoms with Crippen LogP contribution in [0.1, 0.15) is 68.2 Å². The van der Waals surface area contributed by atoms with Crippen molar-refractivity contribution < 1.29 is 8.78 Å². The summed E-state index contributed by atoms with van der Waals surface area (Å²) in [7, 11) is 0. The minimum atomic E-state index is -0.278. The van der Waals surface area contributed by atoms with Crippen LogP contribution in [0, 0.1) is 35.3 Å². The molecule has 0 heterocycles. The Hall–Kier alpha value is -5.54. The van der Waals surface area contributed by atoms with E-state index in [1.54, 1.807) is 24.3 Å². The average Bonchev–Trinajstić information content (AvgIpc) is 3.62. The molecular weight excluding hydrogens is 689 g/mol. The van der Waals surface area contributed by atoms with Gasteiger partial charge >= 0.3 is 0 Å². The SMILES string of the molecule is CC1(C)c2cc(N(c3ccccc3)c3ccccc3-c3cc(F)cc4c3C3(c5ccc(F)cc5-4)C4CC5CC(C4)CC3C5)ccc2-c2c1ccc1ccccc21. The van der Waals surface area contributed by atoms with Gasteiger partial charge in [-0.05, 0) is 171 Å². The summed E-state index contributed by atoms with van der Waals surface area (Å²) in [6.45, 7) is 4.69. The van der Waals surface area contributed by atoms with Crippen molar-refractivity contribution >= 4 is 27.8 Å². The molecule has 0 aliphatic heterocycles. The standard InChI is InChI=1S/C53H43F2N/c1-52(2)47-20-16-33-10-6-7-13-40(33)50(47)42-19-18-39(30-48(42)52)56(38-11-4-3-5-12-38)49-15-9-8-14-41(49)44-28-37(55)29-45-43-27-36(54)17-21-46(43)53(51(44)45)34-23-31-22-32(25-34)26-35(53)24-31/h3-21,27-32,34-35H,22-26H2,1-2H3. The lowest BCUT2D eigenvalue weighted by Crippen LogP contribution is -2.55. The largest absolute Gasteiger partial charge is 0.310 e. The van der Waals surface area contributed by atoms with E-state index >= 15 is 8.78 Å². The van der Waals surface area contributed by atoms with Crippen LogP contribution in [0.15, 0.2) is 140 Å². The summed E-state index contributed by atoms with van der Waals surface area (Å²) in [5.41, 5.74) is 14.1. The zero-order valence-electron chi connectivity index (χ0n) is 31.8. The first-order chi connectivity index (χ1) is 27.3. The molecule has 0 amide bonds.